The van der Waals surface area contributed by atoms with Crippen molar-refractivity contribution in [1.29, 1.82) is 0 Å². The molecule has 1 heterocycles. The van der Waals surface area contributed by atoms with E-state index in [4.69, 9.17) is 5.84 Å². The fourth-order valence-corrected chi connectivity index (χ4v) is 0.980. The van der Waals surface area contributed by atoms with Gasteiger partial charge in [-0.15, -0.1) is 5.06 Å². The standard InChI is InChI=1S/C7H11N3O4/c8-9-4-3-7(13)14-10-5(11)1-2-6(10)12/h9H,1-4,8H2. The zero-order valence-electron chi connectivity index (χ0n) is 7.49. The van der Waals surface area contributed by atoms with Crippen LogP contribution in [0.5, 0.6) is 0 Å². The van der Waals surface area contributed by atoms with Crippen LogP contribution in [0.3, 0.4) is 0 Å². The van der Waals surface area contributed by atoms with E-state index in [0.29, 0.717) is 5.06 Å². The highest BCUT2D eigenvalue weighted by Gasteiger charge is 2.32. The number of nitrogens with one attached hydrogen (secondary N) is 1. The van der Waals surface area contributed by atoms with Crippen LogP contribution in [0.4, 0.5) is 0 Å². The van der Waals surface area contributed by atoms with E-state index < -0.39 is 17.8 Å². The van der Waals surface area contributed by atoms with Gasteiger partial charge in [-0.25, -0.2) is 4.79 Å². The lowest BCUT2D eigenvalue weighted by Gasteiger charge is -2.11. The normalized spacial score (nSPS) is 16.2. The molecule has 7 nitrogen and oxygen atoms in total. The Hall–Kier alpha value is -1.47. The van der Waals surface area contributed by atoms with E-state index in [0.717, 1.165) is 0 Å². The Morgan fingerprint density at radius 1 is 1.43 bits per heavy atom. The number of nitrogens with zero attached hydrogens (tertiary/aromatic N) is 1. The second kappa shape index (κ2) is 4.68. The van der Waals surface area contributed by atoms with Gasteiger partial charge in [-0.2, -0.15) is 0 Å². The maximum Gasteiger partial charge on any atom is 0.334 e. The van der Waals surface area contributed by atoms with Gasteiger partial charge in [-0.1, -0.05) is 0 Å². The van der Waals surface area contributed by atoms with Gasteiger partial charge in [-0.05, 0) is 0 Å². The van der Waals surface area contributed by atoms with Gasteiger partial charge in [0.1, 0.15) is 0 Å². The third-order valence-corrected chi connectivity index (χ3v) is 1.67. The molecule has 0 aromatic heterocycles. The topological polar surface area (TPSA) is 102 Å². The molecule has 0 unspecified atom stereocenters. The number of hydroxylamine groups is 2. The molecule has 0 saturated carbocycles. The Labute approximate surface area is 80.1 Å². The minimum absolute atomic E-state index is 0.00750. The van der Waals surface area contributed by atoms with Crippen molar-refractivity contribution in [2.45, 2.75) is 19.3 Å². The Kier molecular flexibility index (Phi) is 3.55. The Balaban J connectivity index is 2.39. The molecule has 0 aromatic carbocycles. The maximum atomic E-state index is 11.0. The Bertz CT molecular complexity index is 250. The zero-order chi connectivity index (χ0) is 10.6. The molecule has 0 aliphatic carbocycles. The lowest BCUT2D eigenvalue weighted by atomic mass is 10.4. The molecule has 14 heavy (non-hydrogen) atoms. The summed E-state index contributed by atoms with van der Waals surface area (Å²) in [6.07, 6.45) is 0.204. The SMILES string of the molecule is NNCCC(=O)ON1C(=O)CCC1=O. The summed E-state index contributed by atoms with van der Waals surface area (Å²) in [7, 11) is 0. The van der Waals surface area contributed by atoms with E-state index in [2.05, 4.69) is 10.3 Å². The Morgan fingerprint density at radius 3 is 2.50 bits per heavy atom. The van der Waals surface area contributed by atoms with Crippen molar-refractivity contribution in [2.24, 2.45) is 5.84 Å². The van der Waals surface area contributed by atoms with Gasteiger partial charge in [0.15, 0.2) is 0 Å². The molecule has 0 radical (unpaired) electrons. The van der Waals surface area contributed by atoms with Gasteiger partial charge in [-0.3, -0.25) is 20.9 Å². The number of hydrogen-bond acceptors (Lipinski definition) is 6. The van der Waals surface area contributed by atoms with Gasteiger partial charge in [0.25, 0.3) is 11.8 Å². The first-order valence-electron chi connectivity index (χ1n) is 4.15. The number of hydrogen-bond donors (Lipinski definition) is 2. The van der Waals surface area contributed by atoms with Crippen LogP contribution in [0.25, 0.3) is 0 Å². The van der Waals surface area contributed by atoms with Crippen LogP contribution in [0, 0.1) is 0 Å². The first-order valence-corrected chi connectivity index (χ1v) is 4.15. The van der Waals surface area contributed by atoms with E-state index in [-0.39, 0.29) is 25.8 Å². The monoisotopic (exact) mass is 201 g/mol. The lowest BCUT2D eigenvalue weighted by molar-refractivity contribution is -0.197. The van der Waals surface area contributed by atoms with Crippen molar-refractivity contribution >= 4 is 17.8 Å². The number of carbonyl (C=O) groups excluding carboxylic acids is 3. The molecule has 78 valence electrons. The van der Waals surface area contributed by atoms with Crippen LogP contribution in [0.1, 0.15) is 19.3 Å². The molecule has 0 aromatic rings. The zero-order valence-corrected chi connectivity index (χ0v) is 7.49. The van der Waals surface area contributed by atoms with E-state index in [9.17, 15) is 14.4 Å². The molecule has 0 bridgehead atoms. The summed E-state index contributed by atoms with van der Waals surface area (Å²) in [4.78, 5) is 37.5. The van der Waals surface area contributed by atoms with Crippen LogP contribution in [0.15, 0.2) is 0 Å². The number of nitrogens with two attached hydrogens (primary N) is 1. The van der Waals surface area contributed by atoms with Crippen LogP contribution in [-0.4, -0.2) is 29.4 Å². The average Bonchev–Trinajstić information content (AvgIpc) is 2.46. The van der Waals surface area contributed by atoms with Gasteiger partial charge in [0, 0.05) is 19.4 Å². The number of carbonyl (C=O) groups is 3. The van der Waals surface area contributed by atoms with Crippen molar-refractivity contribution < 1.29 is 19.2 Å². The van der Waals surface area contributed by atoms with Crippen LogP contribution >= 0.6 is 0 Å². The first-order chi connectivity index (χ1) is 6.65. The van der Waals surface area contributed by atoms with E-state index >= 15 is 0 Å². The average molecular weight is 201 g/mol. The second-order valence-electron chi connectivity index (χ2n) is 2.75. The largest absolute Gasteiger partial charge is 0.334 e. The summed E-state index contributed by atoms with van der Waals surface area (Å²) in [5.41, 5.74) is 2.26. The molecule has 0 spiro atoms. The molecular formula is C7H11N3O4. The van der Waals surface area contributed by atoms with E-state index in [1.807, 2.05) is 0 Å². The molecule has 0 atom stereocenters. The summed E-state index contributed by atoms with van der Waals surface area (Å²) in [6, 6.07) is 0. The van der Waals surface area contributed by atoms with E-state index in [1.165, 1.54) is 0 Å². The molecule has 2 amide bonds. The molecule has 1 aliphatic heterocycles. The predicted octanol–water partition coefficient (Wildman–Crippen LogP) is -1.55. The second-order valence-corrected chi connectivity index (χ2v) is 2.75. The highest BCUT2D eigenvalue weighted by atomic mass is 16.7. The summed E-state index contributed by atoms with van der Waals surface area (Å²) in [5.74, 6) is 3.31. The minimum atomic E-state index is -0.661. The Morgan fingerprint density at radius 2 is 2.00 bits per heavy atom. The lowest BCUT2D eigenvalue weighted by Crippen LogP contribution is -2.33. The third-order valence-electron chi connectivity index (χ3n) is 1.67. The fourth-order valence-electron chi connectivity index (χ4n) is 0.980. The van der Waals surface area contributed by atoms with Crippen molar-refractivity contribution in [2.75, 3.05) is 6.54 Å². The summed E-state index contributed by atoms with van der Waals surface area (Å²) >= 11 is 0. The molecule has 3 N–H and O–H groups in total. The van der Waals surface area contributed by atoms with Gasteiger partial charge >= 0.3 is 5.97 Å². The molecule has 1 saturated heterocycles. The predicted molar refractivity (Wildman–Crippen MR) is 44.0 cm³/mol. The summed E-state index contributed by atoms with van der Waals surface area (Å²) in [5, 5.41) is 0.513. The third kappa shape index (κ3) is 2.51. The van der Waals surface area contributed by atoms with Crippen molar-refractivity contribution in [1.82, 2.24) is 10.5 Å². The summed E-state index contributed by atoms with van der Waals surface area (Å²) < 4.78 is 0. The number of hydrazine groups is 1. The van der Waals surface area contributed by atoms with Crippen LogP contribution < -0.4 is 11.3 Å². The molecule has 1 rings (SSSR count). The molecule has 7 heteroatoms. The van der Waals surface area contributed by atoms with Gasteiger partial charge < -0.3 is 4.84 Å². The number of rotatable bonds is 4. The smallest absolute Gasteiger partial charge is 0.330 e. The molecule has 1 aliphatic rings. The highest BCUT2D eigenvalue weighted by Crippen LogP contribution is 2.12. The molecule has 1 fully saturated rings. The van der Waals surface area contributed by atoms with Crippen molar-refractivity contribution in [3.8, 4) is 0 Å². The van der Waals surface area contributed by atoms with Gasteiger partial charge in [0.05, 0.1) is 6.42 Å². The first kappa shape index (κ1) is 10.6. The number of amides is 2. The summed E-state index contributed by atoms with van der Waals surface area (Å²) in [6.45, 7) is 0.231. The maximum absolute atomic E-state index is 11.0. The number of imide groups is 1. The van der Waals surface area contributed by atoms with Crippen molar-refractivity contribution in [3.63, 3.8) is 0 Å². The fraction of sp³-hybridized carbons (Fsp3) is 0.571. The highest BCUT2D eigenvalue weighted by molar-refractivity contribution is 6.01. The van der Waals surface area contributed by atoms with Crippen molar-refractivity contribution in [3.05, 3.63) is 0 Å². The minimum Gasteiger partial charge on any atom is -0.330 e. The molecular weight excluding hydrogens is 190 g/mol. The van der Waals surface area contributed by atoms with Crippen LogP contribution in [-0.2, 0) is 19.2 Å². The quantitative estimate of drug-likeness (QED) is 0.324. The van der Waals surface area contributed by atoms with Crippen LogP contribution in [0.2, 0.25) is 0 Å². The van der Waals surface area contributed by atoms with Gasteiger partial charge in [0.2, 0.25) is 0 Å². The van der Waals surface area contributed by atoms with E-state index in [1.54, 1.807) is 0 Å².